The maximum absolute atomic E-state index is 6.38. The third-order valence-corrected chi connectivity index (χ3v) is 11.1. The molecule has 0 aliphatic rings. The number of benzene rings is 7. The van der Waals surface area contributed by atoms with Gasteiger partial charge < -0.3 is 13.4 Å². The molecule has 0 bridgehead atoms. The highest BCUT2D eigenvalue weighted by molar-refractivity contribution is 5.99. The number of hydrogen-bond acceptors (Lipinski definition) is 7. The number of fused-ring (bicyclic) bond motifs is 3. The summed E-state index contributed by atoms with van der Waals surface area (Å²) in [6.07, 6.45) is 4.11. The molecule has 7 aromatic carbocycles. The number of hydrogen-bond donors (Lipinski definition) is 0. The largest absolute Gasteiger partial charge is 0.436 e. The van der Waals surface area contributed by atoms with E-state index in [1.165, 1.54) is 0 Å². The van der Waals surface area contributed by atoms with Gasteiger partial charge in [0.05, 0.1) is 5.52 Å². The van der Waals surface area contributed by atoms with Gasteiger partial charge >= 0.3 is 0 Å². The fourth-order valence-corrected chi connectivity index (χ4v) is 8.04. The summed E-state index contributed by atoms with van der Waals surface area (Å²) >= 11 is 0. The van der Waals surface area contributed by atoms with Crippen molar-refractivity contribution < 1.29 is 8.83 Å². The van der Waals surface area contributed by atoms with Gasteiger partial charge in [-0.05, 0) is 90.9 Å². The van der Waals surface area contributed by atoms with Crippen LogP contribution < -0.4 is 0 Å². The molecular formula is C54H36N6O2. The van der Waals surface area contributed by atoms with Gasteiger partial charge in [-0.3, -0.25) is 0 Å². The second-order valence-corrected chi connectivity index (χ2v) is 15.0. The Labute approximate surface area is 356 Å². The van der Waals surface area contributed by atoms with E-state index in [0.29, 0.717) is 40.4 Å². The van der Waals surface area contributed by atoms with E-state index in [2.05, 4.69) is 72.7 Å². The lowest BCUT2D eigenvalue weighted by Crippen LogP contribution is -2.00. The SMILES string of the molecule is C=C/C(=C\c1c(C)n(-c2ccc3oc(-c4ccccc4)nc3c2)c2ccccc12)c1cccc(-c2nc3cc(-c4nc(-c5ccccc5)nc(-c5ccccc5)n4)ccc3o2)c1. The molecule has 4 heterocycles. The lowest BCUT2D eigenvalue weighted by Gasteiger charge is -2.09. The van der Waals surface area contributed by atoms with Crippen molar-refractivity contribution in [3.05, 3.63) is 205 Å². The highest BCUT2D eigenvalue weighted by Gasteiger charge is 2.18. The number of aromatic nitrogens is 6. The molecule has 0 aliphatic carbocycles. The van der Waals surface area contributed by atoms with E-state index < -0.39 is 0 Å². The maximum Gasteiger partial charge on any atom is 0.227 e. The van der Waals surface area contributed by atoms with E-state index in [9.17, 15) is 0 Å². The van der Waals surface area contributed by atoms with Gasteiger partial charge in [-0.25, -0.2) is 24.9 Å². The average molecular weight is 801 g/mol. The number of nitrogens with zero attached hydrogens (tertiary/aromatic N) is 6. The van der Waals surface area contributed by atoms with Crippen molar-refractivity contribution in [2.24, 2.45) is 0 Å². The Morgan fingerprint density at radius 1 is 0.500 bits per heavy atom. The Balaban J connectivity index is 0.939. The zero-order valence-corrected chi connectivity index (χ0v) is 33.6. The Morgan fingerprint density at radius 2 is 1.05 bits per heavy atom. The molecule has 0 saturated carbocycles. The van der Waals surface area contributed by atoms with Crippen molar-refractivity contribution in [1.82, 2.24) is 29.5 Å². The van der Waals surface area contributed by atoms with E-state index >= 15 is 0 Å². The van der Waals surface area contributed by atoms with Gasteiger partial charge in [0.25, 0.3) is 0 Å². The fraction of sp³-hybridized carbons (Fsp3) is 0.0185. The van der Waals surface area contributed by atoms with Gasteiger partial charge in [-0.1, -0.05) is 122 Å². The van der Waals surface area contributed by atoms with Crippen molar-refractivity contribution in [2.75, 3.05) is 0 Å². The summed E-state index contributed by atoms with van der Waals surface area (Å²) in [7, 11) is 0. The molecule has 8 nitrogen and oxygen atoms in total. The molecule has 8 heteroatoms. The first-order valence-electron chi connectivity index (χ1n) is 20.4. The smallest absolute Gasteiger partial charge is 0.227 e. The van der Waals surface area contributed by atoms with Crippen molar-refractivity contribution in [1.29, 1.82) is 0 Å². The van der Waals surface area contributed by atoms with Crippen LogP contribution in [-0.2, 0) is 0 Å². The van der Waals surface area contributed by atoms with Crippen LogP contribution in [0, 0.1) is 6.92 Å². The van der Waals surface area contributed by atoms with Gasteiger partial charge in [0.1, 0.15) is 11.0 Å². The first kappa shape index (κ1) is 36.6. The molecule has 0 N–H and O–H groups in total. The standard InChI is InChI=1S/C54H36N6O2/c1-3-35(31-44-34(2)60(47-25-14-13-24-43(44)47)42-27-29-49-46(33-42)56-53(61-49)38-20-11-6-12-21-38)39-22-15-23-41(30-39)54-55-45-32-40(26-28-48(45)62-54)52-58-50(36-16-7-4-8-17-36)57-51(59-52)37-18-9-5-10-19-37/h3-33H,1H2,2H3/b35-31+. The molecule has 294 valence electrons. The minimum atomic E-state index is 0.513. The van der Waals surface area contributed by atoms with Crippen LogP contribution in [0.15, 0.2) is 197 Å². The normalized spacial score (nSPS) is 11.8. The molecule has 0 atom stereocenters. The van der Waals surface area contributed by atoms with E-state index in [4.69, 9.17) is 33.8 Å². The molecule has 0 spiro atoms. The molecule has 0 saturated heterocycles. The predicted octanol–water partition coefficient (Wildman–Crippen LogP) is 13.5. The average Bonchev–Trinajstić information content (AvgIpc) is 4.05. The molecule has 0 fully saturated rings. The zero-order chi connectivity index (χ0) is 41.6. The van der Waals surface area contributed by atoms with Crippen molar-refractivity contribution in [3.63, 3.8) is 0 Å². The van der Waals surface area contributed by atoms with Gasteiger partial charge in [-0.15, -0.1) is 0 Å². The van der Waals surface area contributed by atoms with Crippen molar-refractivity contribution in [3.8, 4) is 62.8 Å². The number of para-hydroxylation sites is 1. The third kappa shape index (κ3) is 6.66. The summed E-state index contributed by atoms with van der Waals surface area (Å²) in [5, 5.41) is 1.13. The molecule has 0 radical (unpaired) electrons. The number of oxazole rings is 2. The highest BCUT2D eigenvalue weighted by atomic mass is 16.4. The topological polar surface area (TPSA) is 95.7 Å². The number of allylic oxidation sites excluding steroid dienone is 2. The third-order valence-electron chi connectivity index (χ3n) is 11.1. The van der Waals surface area contributed by atoms with Gasteiger partial charge in [-0.2, -0.15) is 0 Å². The van der Waals surface area contributed by atoms with E-state index in [-0.39, 0.29) is 0 Å². The molecule has 0 amide bonds. The second kappa shape index (κ2) is 15.3. The summed E-state index contributed by atoms with van der Waals surface area (Å²) in [5.41, 5.74) is 13.6. The number of rotatable bonds is 9. The van der Waals surface area contributed by atoms with Gasteiger partial charge in [0, 0.05) is 50.1 Å². The van der Waals surface area contributed by atoms with Crippen LogP contribution in [0.25, 0.3) is 108 Å². The molecule has 62 heavy (non-hydrogen) atoms. The van der Waals surface area contributed by atoms with E-state index in [1.807, 2.05) is 133 Å². The van der Waals surface area contributed by atoms with Crippen molar-refractivity contribution >= 4 is 44.8 Å². The lowest BCUT2D eigenvalue weighted by atomic mass is 9.99. The van der Waals surface area contributed by atoms with E-state index in [1.54, 1.807) is 0 Å². The van der Waals surface area contributed by atoms with Crippen LogP contribution >= 0.6 is 0 Å². The Morgan fingerprint density at radius 3 is 1.71 bits per heavy atom. The fourth-order valence-electron chi connectivity index (χ4n) is 8.04. The summed E-state index contributed by atoms with van der Waals surface area (Å²) in [6, 6.07) is 58.6. The Kier molecular flexibility index (Phi) is 9.01. The molecule has 11 aromatic rings. The second-order valence-electron chi connectivity index (χ2n) is 15.0. The molecule has 0 unspecified atom stereocenters. The van der Waals surface area contributed by atoms with Crippen LogP contribution in [-0.4, -0.2) is 29.5 Å². The lowest BCUT2D eigenvalue weighted by molar-refractivity contribution is 0.619. The Bertz CT molecular complexity index is 3430. The van der Waals surface area contributed by atoms with Gasteiger partial charge in [0.2, 0.25) is 11.8 Å². The van der Waals surface area contributed by atoms with Gasteiger partial charge in [0.15, 0.2) is 28.6 Å². The first-order valence-corrected chi connectivity index (χ1v) is 20.4. The van der Waals surface area contributed by atoms with Crippen molar-refractivity contribution in [2.45, 2.75) is 6.92 Å². The quantitative estimate of drug-likeness (QED) is 0.134. The van der Waals surface area contributed by atoms with Crippen LogP contribution in [0.4, 0.5) is 0 Å². The van der Waals surface area contributed by atoms with Crippen LogP contribution in [0.1, 0.15) is 16.8 Å². The minimum absolute atomic E-state index is 0.513. The van der Waals surface area contributed by atoms with Crippen LogP contribution in [0.5, 0.6) is 0 Å². The summed E-state index contributed by atoms with van der Waals surface area (Å²) in [5.74, 6) is 2.87. The maximum atomic E-state index is 6.38. The predicted molar refractivity (Wildman–Crippen MR) is 248 cm³/mol. The monoisotopic (exact) mass is 800 g/mol. The Hall–Kier alpha value is -8.49. The van der Waals surface area contributed by atoms with Crippen LogP contribution in [0.2, 0.25) is 0 Å². The molecule has 11 rings (SSSR count). The summed E-state index contributed by atoms with van der Waals surface area (Å²) in [6.45, 7) is 6.40. The zero-order valence-electron chi connectivity index (χ0n) is 33.6. The summed E-state index contributed by atoms with van der Waals surface area (Å²) in [4.78, 5) is 24.5. The highest BCUT2D eigenvalue weighted by Crippen LogP contribution is 2.36. The first-order chi connectivity index (χ1) is 30.6. The molecular weight excluding hydrogens is 765 g/mol. The minimum Gasteiger partial charge on any atom is -0.436 e. The van der Waals surface area contributed by atoms with E-state index in [0.717, 1.165) is 77.9 Å². The molecule has 4 aromatic heterocycles. The summed E-state index contributed by atoms with van der Waals surface area (Å²) < 4.78 is 14.8. The molecule has 0 aliphatic heterocycles. The van der Waals surface area contributed by atoms with Crippen LogP contribution in [0.3, 0.4) is 0 Å².